The van der Waals surface area contributed by atoms with Crippen molar-refractivity contribution in [2.24, 2.45) is 0 Å². The standard InChI is InChI=1S/C35H29ClN4O4/c1-23-30(34(41)39(35(42)31(23)19-37)21-29-14-8-16-43-29)18-26-20-40(27-11-3-2-4-12-27)38-33(26)24-10-7-13-28(17-24)44-22-25-9-5-6-15-32(25)36/h2-7,9-13,15,17-18,20,29H,8,14,16,21-22H2,1H3/b30-18+. The topological polar surface area (TPSA) is 97.5 Å². The lowest BCUT2D eigenvalue weighted by molar-refractivity contribution is -0.142. The van der Waals surface area contributed by atoms with Gasteiger partial charge >= 0.3 is 0 Å². The molecule has 3 heterocycles. The lowest BCUT2D eigenvalue weighted by atomic mass is 9.93. The van der Waals surface area contributed by atoms with Gasteiger partial charge in [0, 0.05) is 40.1 Å². The number of aromatic nitrogens is 2. The predicted molar refractivity (Wildman–Crippen MR) is 167 cm³/mol. The summed E-state index contributed by atoms with van der Waals surface area (Å²) >= 11 is 6.32. The van der Waals surface area contributed by atoms with Crippen LogP contribution in [0.2, 0.25) is 5.02 Å². The molecule has 0 bridgehead atoms. The number of nitrogens with zero attached hydrogens (tertiary/aromatic N) is 4. The van der Waals surface area contributed by atoms with Gasteiger partial charge in [-0.3, -0.25) is 14.5 Å². The van der Waals surface area contributed by atoms with Crippen LogP contribution in [0, 0.1) is 11.3 Å². The molecular formula is C35H29ClN4O4. The number of imide groups is 1. The minimum Gasteiger partial charge on any atom is -0.489 e. The molecule has 2 amide bonds. The first-order valence-electron chi connectivity index (χ1n) is 14.4. The Hall–Kier alpha value is -4.97. The van der Waals surface area contributed by atoms with Crippen LogP contribution < -0.4 is 4.74 Å². The molecule has 0 saturated carbocycles. The van der Waals surface area contributed by atoms with Gasteiger partial charge in [-0.25, -0.2) is 4.68 Å². The van der Waals surface area contributed by atoms with E-state index in [2.05, 4.69) is 0 Å². The highest BCUT2D eigenvalue weighted by Gasteiger charge is 2.37. The van der Waals surface area contributed by atoms with Crippen LogP contribution in [0.15, 0.2) is 102 Å². The lowest BCUT2D eigenvalue weighted by Gasteiger charge is -2.29. The van der Waals surface area contributed by atoms with Crippen molar-refractivity contribution in [1.29, 1.82) is 5.26 Å². The van der Waals surface area contributed by atoms with E-state index < -0.39 is 11.8 Å². The average molecular weight is 605 g/mol. The Balaban J connectivity index is 1.41. The number of hydrogen-bond donors (Lipinski definition) is 0. The van der Waals surface area contributed by atoms with Gasteiger partial charge < -0.3 is 9.47 Å². The fraction of sp³-hybridized carbons (Fsp3) is 0.200. The molecule has 1 unspecified atom stereocenters. The summed E-state index contributed by atoms with van der Waals surface area (Å²) in [7, 11) is 0. The molecule has 0 spiro atoms. The zero-order valence-corrected chi connectivity index (χ0v) is 24.8. The third-order valence-electron chi connectivity index (χ3n) is 7.76. The zero-order chi connectivity index (χ0) is 30.6. The van der Waals surface area contributed by atoms with Gasteiger partial charge in [0.2, 0.25) is 0 Å². The van der Waals surface area contributed by atoms with Crippen LogP contribution in [0.1, 0.15) is 30.9 Å². The van der Waals surface area contributed by atoms with Crippen LogP contribution in [0.4, 0.5) is 0 Å². The fourth-order valence-corrected chi connectivity index (χ4v) is 5.57. The Bertz CT molecular complexity index is 1830. The van der Waals surface area contributed by atoms with E-state index in [9.17, 15) is 14.9 Å². The molecule has 3 aromatic carbocycles. The molecule has 2 aliphatic heterocycles. The Morgan fingerprint density at radius 2 is 1.86 bits per heavy atom. The quantitative estimate of drug-likeness (QED) is 0.167. The van der Waals surface area contributed by atoms with Crippen LogP contribution in [0.3, 0.4) is 0 Å². The Morgan fingerprint density at radius 1 is 1.07 bits per heavy atom. The molecule has 1 fully saturated rings. The molecule has 6 rings (SSSR count). The highest BCUT2D eigenvalue weighted by Crippen LogP contribution is 2.33. The molecule has 9 heteroatoms. The number of rotatable bonds is 8. The van der Waals surface area contributed by atoms with Crippen molar-refractivity contribution in [3.63, 3.8) is 0 Å². The molecule has 2 aliphatic rings. The summed E-state index contributed by atoms with van der Waals surface area (Å²) < 4.78 is 13.5. The number of nitriles is 1. The second-order valence-electron chi connectivity index (χ2n) is 10.6. The van der Waals surface area contributed by atoms with Crippen LogP contribution in [-0.4, -0.2) is 45.8 Å². The van der Waals surface area contributed by atoms with E-state index in [1.807, 2.05) is 91.1 Å². The number of hydrogen-bond acceptors (Lipinski definition) is 6. The third-order valence-corrected chi connectivity index (χ3v) is 8.13. The molecule has 8 nitrogen and oxygen atoms in total. The molecule has 1 aromatic heterocycles. The summed E-state index contributed by atoms with van der Waals surface area (Å²) in [5.41, 5.74) is 4.25. The third kappa shape index (κ3) is 5.93. The van der Waals surface area contributed by atoms with Gasteiger partial charge in [0.15, 0.2) is 0 Å². The molecule has 220 valence electrons. The number of carbonyl (C=O) groups is 2. The fourth-order valence-electron chi connectivity index (χ4n) is 5.38. The van der Waals surface area contributed by atoms with Crippen molar-refractivity contribution >= 4 is 29.5 Å². The van der Waals surface area contributed by atoms with Crippen molar-refractivity contribution in [2.75, 3.05) is 13.2 Å². The van der Waals surface area contributed by atoms with Gasteiger partial charge in [-0.1, -0.05) is 60.1 Å². The largest absolute Gasteiger partial charge is 0.489 e. The Morgan fingerprint density at radius 3 is 2.61 bits per heavy atom. The molecule has 0 radical (unpaired) electrons. The lowest BCUT2D eigenvalue weighted by Crippen LogP contribution is -2.46. The van der Waals surface area contributed by atoms with Crippen LogP contribution >= 0.6 is 11.6 Å². The predicted octanol–water partition coefficient (Wildman–Crippen LogP) is 6.54. The van der Waals surface area contributed by atoms with Gasteiger partial charge in [0.1, 0.15) is 29.7 Å². The van der Waals surface area contributed by atoms with E-state index >= 15 is 0 Å². The van der Waals surface area contributed by atoms with Gasteiger partial charge in [-0.05, 0) is 61.7 Å². The molecule has 0 aliphatic carbocycles. The molecule has 0 N–H and O–H groups in total. The molecule has 1 saturated heterocycles. The van der Waals surface area contributed by atoms with E-state index in [1.54, 1.807) is 17.7 Å². The zero-order valence-electron chi connectivity index (χ0n) is 24.1. The van der Waals surface area contributed by atoms with Crippen LogP contribution in [-0.2, 0) is 20.9 Å². The Labute approximate surface area is 260 Å². The highest BCUT2D eigenvalue weighted by molar-refractivity contribution is 6.31. The second kappa shape index (κ2) is 12.7. The number of benzene rings is 3. The van der Waals surface area contributed by atoms with E-state index in [0.717, 1.165) is 34.6 Å². The minimum absolute atomic E-state index is 0.0548. The van der Waals surface area contributed by atoms with Gasteiger partial charge in [0.05, 0.1) is 18.3 Å². The summed E-state index contributed by atoms with van der Waals surface area (Å²) in [5, 5.41) is 15.4. The normalized spacial score (nSPS) is 17.8. The van der Waals surface area contributed by atoms with Gasteiger partial charge in [-0.15, -0.1) is 0 Å². The minimum atomic E-state index is -0.591. The highest BCUT2D eigenvalue weighted by atomic mass is 35.5. The van der Waals surface area contributed by atoms with Crippen LogP contribution in [0.25, 0.3) is 23.0 Å². The molecule has 44 heavy (non-hydrogen) atoms. The monoisotopic (exact) mass is 604 g/mol. The number of para-hydroxylation sites is 1. The first-order chi connectivity index (χ1) is 21.4. The average Bonchev–Trinajstić information content (AvgIpc) is 3.72. The van der Waals surface area contributed by atoms with E-state index in [1.165, 1.54) is 0 Å². The molecule has 1 atom stereocenters. The first kappa shape index (κ1) is 29.1. The summed E-state index contributed by atoms with van der Waals surface area (Å²) in [6.45, 7) is 2.62. The van der Waals surface area contributed by atoms with Gasteiger partial charge in [-0.2, -0.15) is 10.4 Å². The van der Waals surface area contributed by atoms with Crippen molar-refractivity contribution < 1.29 is 19.1 Å². The van der Waals surface area contributed by atoms with Crippen molar-refractivity contribution in [2.45, 2.75) is 32.5 Å². The maximum Gasteiger partial charge on any atom is 0.271 e. The van der Waals surface area contributed by atoms with Gasteiger partial charge in [0.25, 0.3) is 11.8 Å². The van der Waals surface area contributed by atoms with E-state index in [-0.39, 0.29) is 23.8 Å². The second-order valence-corrected chi connectivity index (χ2v) is 11.1. The Kier molecular flexibility index (Phi) is 8.42. The van der Waals surface area contributed by atoms with Crippen molar-refractivity contribution in [3.05, 3.63) is 118 Å². The summed E-state index contributed by atoms with van der Waals surface area (Å²) in [6, 6.07) is 26.7. The number of halogens is 1. The molecule has 4 aromatic rings. The summed E-state index contributed by atoms with van der Waals surface area (Å²) in [6.07, 6.45) is 4.93. The number of ether oxygens (including phenoxy) is 2. The first-order valence-corrected chi connectivity index (χ1v) is 14.7. The summed E-state index contributed by atoms with van der Waals surface area (Å²) in [4.78, 5) is 28.1. The van der Waals surface area contributed by atoms with Crippen molar-refractivity contribution in [1.82, 2.24) is 14.7 Å². The maximum atomic E-state index is 13.8. The summed E-state index contributed by atoms with van der Waals surface area (Å²) in [5.74, 6) is -0.427. The van der Waals surface area contributed by atoms with Crippen LogP contribution in [0.5, 0.6) is 5.75 Å². The number of carbonyl (C=O) groups excluding carboxylic acids is 2. The van der Waals surface area contributed by atoms with E-state index in [0.29, 0.717) is 40.8 Å². The molecular weight excluding hydrogens is 576 g/mol. The van der Waals surface area contributed by atoms with Crippen molar-refractivity contribution in [3.8, 4) is 28.8 Å². The SMILES string of the molecule is CC1=C(C#N)C(=O)N(CC2CCCO2)C(=O)/C1=C/c1cn(-c2ccccc2)nc1-c1cccc(OCc2ccccc2Cl)c1. The number of amides is 2. The maximum absolute atomic E-state index is 13.8. The smallest absolute Gasteiger partial charge is 0.271 e. The van der Waals surface area contributed by atoms with E-state index in [4.69, 9.17) is 26.2 Å².